The third-order valence-electron chi connectivity index (χ3n) is 2.88. The van der Waals surface area contributed by atoms with Crippen molar-refractivity contribution < 1.29 is 9.32 Å². The second-order valence-corrected chi connectivity index (χ2v) is 4.57. The lowest BCUT2D eigenvalue weighted by molar-refractivity contribution is -0.856. The van der Waals surface area contributed by atoms with Crippen LogP contribution in [0.2, 0.25) is 0 Å². The second kappa shape index (κ2) is 4.71. The van der Waals surface area contributed by atoms with Crippen molar-refractivity contribution in [2.24, 2.45) is 0 Å². The molecule has 0 fully saturated rings. The highest BCUT2D eigenvalue weighted by atomic mass is 16.3. The maximum Gasteiger partial charge on any atom is 0.231 e. The van der Waals surface area contributed by atoms with Crippen LogP contribution in [0.5, 0.6) is 0 Å². The number of hydrogen-bond donors (Lipinski definition) is 2. The lowest BCUT2D eigenvalue weighted by Crippen LogP contribution is -3.06. The molecule has 17 heavy (non-hydrogen) atoms. The Bertz CT molecular complexity index is 518. The molecule has 0 atom stereocenters. The first kappa shape index (κ1) is 11.9. The Morgan fingerprint density at radius 1 is 1.29 bits per heavy atom. The predicted molar refractivity (Wildman–Crippen MR) is 67.4 cm³/mol. The molecule has 0 bridgehead atoms. The molecule has 0 unspecified atom stereocenters. The summed E-state index contributed by atoms with van der Waals surface area (Å²) >= 11 is 0. The molecule has 5 heteroatoms. The first-order valence-corrected chi connectivity index (χ1v) is 5.83. The Morgan fingerprint density at radius 2 is 2.06 bits per heavy atom. The summed E-state index contributed by atoms with van der Waals surface area (Å²) in [5.74, 6) is 1.77. The SMILES string of the molecule is Cc1oc2ncnc(NCC[NH+](C)C)c2c1C. The van der Waals surface area contributed by atoms with E-state index in [4.69, 9.17) is 4.42 Å². The van der Waals surface area contributed by atoms with Crippen LogP contribution in [0.25, 0.3) is 11.1 Å². The van der Waals surface area contributed by atoms with Crippen molar-refractivity contribution in [1.29, 1.82) is 0 Å². The summed E-state index contributed by atoms with van der Waals surface area (Å²) < 4.78 is 5.57. The van der Waals surface area contributed by atoms with Crippen molar-refractivity contribution in [1.82, 2.24) is 9.97 Å². The van der Waals surface area contributed by atoms with Crippen molar-refractivity contribution in [3.8, 4) is 0 Å². The van der Waals surface area contributed by atoms with Gasteiger partial charge in [0.15, 0.2) is 0 Å². The van der Waals surface area contributed by atoms with Crippen LogP contribution in [0, 0.1) is 13.8 Å². The van der Waals surface area contributed by atoms with Gasteiger partial charge in [-0.1, -0.05) is 0 Å². The standard InChI is InChI=1S/C12H18N4O/c1-8-9(2)17-12-10(8)11(14-7-15-12)13-5-6-16(3)4/h7H,5-6H2,1-4H3,(H,13,14,15)/p+1. The summed E-state index contributed by atoms with van der Waals surface area (Å²) in [5.41, 5.74) is 1.77. The molecule has 2 heterocycles. The number of rotatable bonds is 4. The van der Waals surface area contributed by atoms with Crippen molar-refractivity contribution in [3.63, 3.8) is 0 Å². The van der Waals surface area contributed by atoms with Gasteiger partial charge in [0.2, 0.25) is 5.71 Å². The number of aromatic nitrogens is 2. The van der Waals surface area contributed by atoms with E-state index in [0.717, 1.165) is 35.6 Å². The van der Waals surface area contributed by atoms with Crippen LogP contribution in [0.15, 0.2) is 10.7 Å². The zero-order valence-electron chi connectivity index (χ0n) is 10.8. The maximum atomic E-state index is 5.57. The maximum absolute atomic E-state index is 5.57. The molecule has 0 amide bonds. The Labute approximate surface area is 101 Å². The minimum Gasteiger partial charge on any atom is -0.443 e. The first-order chi connectivity index (χ1) is 8.09. The molecule has 0 saturated carbocycles. The number of furan rings is 1. The van der Waals surface area contributed by atoms with Crippen LogP contribution in [0.4, 0.5) is 5.82 Å². The van der Waals surface area contributed by atoms with Crippen molar-refractivity contribution >= 4 is 16.9 Å². The van der Waals surface area contributed by atoms with Gasteiger partial charge in [-0.3, -0.25) is 0 Å². The Hall–Kier alpha value is -1.62. The third kappa shape index (κ3) is 2.39. The summed E-state index contributed by atoms with van der Waals surface area (Å²) in [5, 5.41) is 4.34. The van der Waals surface area contributed by atoms with Gasteiger partial charge in [-0.2, -0.15) is 0 Å². The monoisotopic (exact) mass is 235 g/mol. The Balaban J connectivity index is 2.27. The normalized spacial score (nSPS) is 11.4. The number of fused-ring (bicyclic) bond motifs is 1. The van der Waals surface area contributed by atoms with E-state index in [2.05, 4.69) is 29.4 Å². The van der Waals surface area contributed by atoms with E-state index in [0.29, 0.717) is 5.71 Å². The number of likely N-dealkylation sites (N-methyl/N-ethyl adjacent to an activating group) is 1. The van der Waals surface area contributed by atoms with E-state index in [9.17, 15) is 0 Å². The van der Waals surface area contributed by atoms with Crippen LogP contribution in [0.3, 0.4) is 0 Å². The van der Waals surface area contributed by atoms with E-state index in [1.165, 1.54) is 11.2 Å². The average Bonchev–Trinajstić information content (AvgIpc) is 2.55. The number of quaternary nitrogens is 1. The van der Waals surface area contributed by atoms with Gasteiger partial charge in [-0.05, 0) is 13.8 Å². The van der Waals surface area contributed by atoms with Crippen molar-refractivity contribution in [2.45, 2.75) is 13.8 Å². The highest BCUT2D eigenvalue weighted by Gasteiger charge is 2.13. The summed E-state index contributed by atoms with van der Waals surface area (Å²) in [6, 6.07) is 0. The van der Waals surface area contributed by atoms with Crippen LogP contribution in [-0.2, 0) is 0 Å². The highest BCUT2D eigenvalue weighted by molar-refractivity contribution is 5.89. The quantitative estimate of drug-likeness (QED) is 0.805. The zero-order valence-corrected chi connectivity index (χ0v) is 10.8. The van der Waals surface area contributed by atoms with Crippen molar-refractivity contribution in [3.05, 3.63) is 17.7 Å². The molecule has 92 valence electrons. The largest absolute Gasteiger partial charge is 0.443 e. The molecule has 2 N–H and O–H groups in total. The number of nitrogens with zero attached hydrogens (tertiary/aromatic N) is 2. The smallest absolute Gasteiger partial charge is 0.231 e. The van der Waals surface area contributed by atoms with E-state index in [1.807, 2.05) is 13.8 Å². The lowest BCUT2D eigenvalue weighted by Gasteiger charge is -2.09. The molecular weight excluding hydrogens is 216 g/mol. The van der Waals surface area contributed by atoms with Crippen LogP contribution < -0.4 is 10.2 Å². The summed E-state index contributed by atoms with van der Waals surface area (Å²) in [6.07, 6.45) is 1.54. The molecule has 0 radical (unpaired) electrons. The van der Waals surface area contributed by atoms with Crippen LogP contribution >= 0.6 is 0 Å². The third-order valence-corrected chi connectivity index (χ3v) is 2.88. The van der Waals surface area contributed by atoms with E-state index in [1.54, 1.807) is 0 Å². The molecule has 2 aromatic heterocycles. The van der Waals surface area contributed by atoms with Gasteiger partial charge in [0, 0.05) is 5.56 Å². The van der Waals surface area contributed by atoms with Crippen LogP contribution in [-0.4, -0.2) is 37.2 Å². The molecule has 0 aliphatic rings. The van der Waals surface area contributed by atoms with Gasteiger partial charge < -0.3 is 14.6 Å². The van der Waals surface area contributed by atoms with Gasteiger partial charge in [-0.15, -0.1) is 0 Å². The molecule has 2 rings (SSSR count). The van der Waals surface area contributed by atoms with E-state index >= 15 is 0 Å². The number of nitrogens with one attached hydrogen (secondary N) is 2. The predicted octanol–water partition coefficient (Wildman–Crippen LogP) is 0.396. The van der Waals surface area contributed by atoms with Crippen LogP contribution in [0.1, 0.15) is 11.3 Å². The lowest BCUT2D eigenvalue weighted by atomic mass is 10.2. The number of anilines is 1. The fraction of sp³-hybridized carbons (Fsp3) is 0.500. The Kier molecular flexibility index (Phi) is 3.28. The molecule has 0 aliphatic heterocycles. The highest BCUT2D eigenvalue weighted by Crippen LogP contribution is 2.27. The molecule has 2 aromatic rings. The summed E-state index contributed by atoms with van der Waals surface area (Å²) in [6.45, 7) is 5.91. The zero-order chi connectivity index (χ0) is 12.4. The summed E-state index contributed by atoms with van der Waals surface area (Å²) in [7, 11) is 4.26. The van der Waals surface area contributed by atoms with E-state index < -0.39 is 0 Å². The average molecular weight is 235 g/mol. The Morgan fingerprint density at radius 3 is 2.76 bits per heavy atom. The molecule has 5 nitrogen and oxygen atoms in total. The summed E-state index contributed by atoms with van der Waals surface area (Å²) in [4.78, 5) is 9.84. The number of aryl methyl sites for hydroxylation is 2. The van der Waals surface area contributed by atoms with Gasteiger partial charge in [-0.25, -0.2) is 9.97 Å². The molecule has 0 aliphatic carbocycles. The second-order valence-electron chi connectivity index (χ2n) is 4.57. The first-order valence-electron chi connectivity index (χ1n) is 5.83. The molecule has 0 spiro atoms. The minimum atomic E-state index is 0.662. The fourth-order valence-corrected chi connectivity index (χ4v) is 1.75. The van der Waals surface area contributed by atoms with Crippen molar-refractivity contribution in [2.75, 3.05) is 32.5 Å². The molecular formula is C12H19N4O+. The van der Waals surface area contributed by atoms with Gasteiger partial charge >= 0.3 is 0 Å². The van der Waals surface area contributed by atoms with Gasteiger partial charge in [0.25, 0.3) is 0 Å². The van der Waals surface area contributed by atoms with E-state index in [-0.39, 0.29) is 0 Å². The minimum absolute atomic E-state index is 0.662. The van der Waals surface area contributed by atoms with Gasteiger partial charge in [0.1, 0.15) is 17.9 Å². The van der Waals surface area contributed by atoms with Gasteiger partial charge in [0.05, 0.1) is 32.6 Å². The molecule has 0 aromatic carbocycles. The topological polar surface area (TPSA) is 55.4 Å². The molecule has 0 saturated heterocycles. The number of hydrogen-bond acceptors (Lipinski definition) is 4. The fourth-order valence-electron chi connectivity index (χ4n) is 1.75.